The van der Waals surface area contributed by atoms with Crippen LogP contribution in [0.15, 0.2) is 10.8 Å². The smallest absolute Gasteiger partial charge is 0.289 e. The first-order valence-electron chi connectivity index (χ1n) is 6.46. The number of aromatic nitrogens is 1. The van der Waals surface area contributed by atoms with Crippen molar-refractivity contribution in [1.82, 2.24) is 10.3 Å². The third-order valence-corrected chi connectivity index (χ3v) is 4.14. The molecule has 0 spiro atoms. The number of alkyl halides is 1. The van der Waals surface area contributed by atoms with E-state index in [0.29, 0.717) is 35.7 Å². The van der Waals surface area contributed by atoms with Crippen LogP contribution >= 0.6 is 11.6 Å². The summed E-state index contributed by atoms with van der Waals surface area (Å²) in [5, 5.41) is 2.93. The van der Waals surface area contributed by atoms with Crippen LogP contribution in [0.2, 0.25) is 0 Å². The average Bonchev–Trinajstić information content (AvgIpc) is 2.82. The molecule has 0 saturated heterocycles. The maximum Gasteiger partial charge on any atom is 0.289 e. The Morgan fingerprint density at radius 3 is 2.83 bits per heavy atom. The quantitative estimate of drug-likeness (QED) is 0.856. The van der Waals surface area contributed by atoms with E-state index >= 15 is 0 Å². The van der Waals surface area contributed by atoms with E-state index in [0.717, 1.165) is 6.42 Å². The third-order valence-electron chi connectivity index (χ3n) is 3.74. The van der Waals surface area contributed by atoms with Crippen molar-refractivity contribution in [3.8, 4) is 0 Å². The number of hydrogen-bond acceptors (Lipinski definition) is 3. The Hall–Kier alpha value is -1.03. The first kappa shape index (κ1) is 13.4. The number of halogens is 1. The second-order valence-electron chi connectivity index (χ2n) is 4.94. The molecule has 100 valence electrons. The molecule has 1 aromatic heterocycles. The zero-order valence-electron chi connectivity index (χ0n) is 10.6. The fourth-order valence-electron chi connectivity index (χ4n) is 2.58. The molecule has 1 aliphatic carbocycles. The number of nitrogens with zero attached hydrogens (tertiary/aromatic N) is 1. The van der Waals surface area contributed by atoms with Crippen LogP contribution in [0, 0.1) is 18.8 Å². The Morgan fingerprint density at radius 2 is 2.22 bits per heavy atom. The van der Waals surface area contributed by atoms with E-state index in [9.17, 15) is 4.79 Å². The largest absolute Gasteiger partial charge is 0.438 e. The summed E-state index contributed by atoms with van der Waals surface area (Å²) in [7, 11) is 0. The van der Waals surface area contributed by atoms with Crippen LogP contribution < -0.4 is 5.32 Å². The monoisotopic (exact) mass is 270 g/mol. The summed E-state index contributed by atoms with van der Waals surface area (Å²) < 4.78 is 5.07. The topological polar surface area (TPSA) is 55.1 Å². The van der Waals surface area contributed by atoms with E-state index in [-0.39, 0.29) is 5.91 Å². The van der Waals surface area contributed by atoms with Crippen LogP contribution in [-0.2, 0) is 0 Å². The lowest BCUT2D eigenvalue weighted by atomic mass is 9.80. The summed E-state index contributed by atoms with van der Waals surface area (Å²) in [5.74, 6) is 1.83. The van der Waals surface area contributed by atoms with Gasteiger partial charge in [0, 0.05) is 12.4 Å². The molecule has 1 aromatic rings. The van der Waals surface area contributed by atoms with Gasteiger partial charge < -0.3 is 9.73 Å². The molecule has 5 heteroatoms. The van der Waals surface area contributed by atoms with Crippen LogP contribution in [0.25, 0.3) is 0 Å². The molecule has 2 atom stereocenters. The molecule has 0 bridgehead atoms. The van der Waals surface area contributed by atoms with Crippen LogP contribution in [-0.4, -0.2) is 23.3 Å². The summed E-state index contributed by atoms with van der Waals surface area (Å²) >= 11 is 5.97. The minimum absolute atomic E-state index is 0.177. The highest BCUT2D eigenvalue weighted by molar-refractivity contribution is 6.18. The van der Waals surface area contributed by atoms with Gasteiger partial charge in [-0.05, 0) is 31.6 Å². The van der Waals surface area contributed by atoms with Crippen molar-refractivity contribution in [2.24, 2.45) is 11.8 Å². The maximum atomic E-state index is 11.9. The molecule has 1 aliphatic rings. The lowest BCUT2D eigenvalue weighted by Crippen LogP contribution is -2.35. The minimum Gasteiger partial charge on any atom is -0.438 e. The molecule has 0 aliphatic heterocycles. The number of carbonyl (C=O) groups excluding carboxylic acids is 1. The van der Waals surface area contributed by atoms with Gasteiger partial charge in [-0.3, -0.25) is 4.79 Å². The lowest BCUT2D eigenvalue weighted by molar-refractivity contribution is 0.0908. The Kier molecular flexibility index (Phi) is 4.64. The van der Waals surface area contributed by atoms with Gasteiger partial charge in [0.1, 0.15) is 0 Å². The van der Waals surface area contributed by atoms with Crippen LogP contribution in [0.4, 0.5) is 0 Å². The van der Waals surface area contributed by atoms with Gasteiger partial charge in [0.15, 0.2) is 6.39 Å². The number of oxazole rings is 1. The summed E-state index contributed by atoms with van der Waals surface area (Å²) in [6.07, 6.45) is 6.10. The molecule has 0 aromatic carbocycles. The number of hydrogen-bond donors (Lipinski definition) is 1. The van der Waals surface area contributed by atoms with Gasteiger partial charge in [0.2, 0.25) is 5.76 Å². The molecule has 1 amide bonds. The Morgan fingerprint density at radius 1 is 1.50 bits per heavy atom. The predicted molar refractivity (Wildman–Crippen MR) is 69.7 cm³/mol. The van der Waals surface area contributed by atoms with E-state index in [1.807, 2.05) is 0 Å². The van der Waals surface area contributed by atoms with Crippen LogP contribution in [0.5, 0.6) is 0 Å². The van der Waals surface area contributed by atoms with Gasteiger partial charge in [-0.1, -0.05) is 12.8 Å². The summed E-state index contributed by atoms with van der Waals surface area (Å²) in [6.45, 7) is 2.44. The molecular formula is C13H19ClN2O2. The van der Waals surface area contributed by atoms with Crippen molar-refractivity contribution < 1.29 is 9.21 Å². The van der Waals surface area contributed by atoms with Crippen molar-refractivity contribution in [1.29, 1.82) is 0 Å². The van der Waals surface area contributed by atoms with Gasteiger partial charge in [0.05, 0.1) is 5.69 Å². The normalized spacial score (nSPS) is 23.9. The molecule has 1 N–H and O–H groups in total. The molecule has 0 radical (unpaired) electrons. The molecule has 2 unspecified atom stereocenters. The Balaban J connectivity index is 1.87. The van der Waals surface area contributed by atoms with E-state index in [1.54, 1.807) is 6.92 Å². The lowest BCUT2D eigenvalue weighted by Gasteiger charge is -2.30. The summed E-state index contributed by atoms with van der Waals surface area (Å²) in [5.41, 5.74) is 0.630. The summed E-state index contributed by atoms with van der Waals surface area (Å²) in [4.78, 5) is 15.8. The number of aryl methyl sites for hydroxylation is 1. The van der Waals surface area contributed by atoms with Crippen molar-refractivity contribution in [2.45, 2.75) is 32.6 Å². The predicted octanol–water partition coefficient (Wildman–Crippen LogP) is 2.76. The Labute approximate surface area is 112 Å². The van der Waals surface area contributed by atoms with Gasteiger partial charge >= 0.3 is 0 Å². The van der Waals surface area contributed by atoms with Crippen molar-refractivity contribution >= 4 is 17.5 Å². The number of nitrogens with one attached hydrogen (secondary N) is 1. The Bertz CT molecular complexity index is 405. The molecule has 18 heavy (non-hydrogen) atoms. The first-order valence-corrected chi connectivity index (χ1v) is 7.00. The molecule has 2 rings (SSSR count). The second kappa shape index (κ2) is 6.23. The fraction of sp³-hybridized carbons (Fsp3) is 0.692. The third kappa shape index (κ3) is 3.05. The standard InChI is InChI=1S/C13H19ClN2O2/c1-9-12(18-8-16-9)13(17)15-7-11-5-3-2-4-10(11)6-14/h8,10-11H,2-7H2,1H3,(H,15,17). The van der Waals surface area contributed by atoms with Gasteiger partial charge in [0.25, 0.3) is 5.91 Å². The number of amides is 1. The van der Waals surface area contributed by atoms with Crippen molar-refractivity contribution in [3.05, 3.63) is 17.8 Å². The van der Waals surface area contributed by atoms with Gasteiger partial charge in [-0.2, -0.15) is 0 Å². The van der Waals surface area contributed by atoms with Crippen LogP contribution in [0.1, 0.15) is 41.9 Å². The van der Waals surface area contributed by atoms with E-state index in [4.69, 9.17) is 16.0 Å². The van der Waals surface area contributed by atoms with Gasteiger partial charge in [-0.15, -0.1) is 11.6 Å². The average molecular weight is 271 g/mol. The van der Waals surface area contributed by atoms with E-state index in [1.165, 1.54) is 25.7 Å². The fourth-order valence-corrected chi connectivity index (χ4v) is 2.99. The molecule has 4 nitrogen and oxygen atoms in total. The van der Waals surface area contributed by atoms with Crippen molar-refractivity contribution in [2.75, 3.05) is 12.4 Å². The molecular weight excluding hydrogens is 252 g/mol. The highest BCUT2D eigenvalue weighted by Crippen LogP contribution is 2.30. The zero-order valence-corrected chi connectivity index (χ0v) is 11.4. The summed E-state index contributed by atoms with van der Waals surface area (Å²) in [6, 6.07) is 0. The molecule has 1 fully saturated rings. The number of rotatable bonds is 4. The maximum absolute atomic E-state index is 11.9. The highest BCUT2D eigenvalue weighted by Gasteiger charge is 2.25. The highest BCUT2D eigenvalue weighted by atomic mass is 35.5. The second-order valence-corrected chi connectivity index (χ2v) is 5.24. The van der Waals surface area contributed by atoms with E-state index in [2.05, 4.69) is 10.3 Å². The SMILES string of the molecule is Cc1ncoc1C(=O)NCC1CCCCC1CCl. The molecule has 1 saturated carbocycles. The minimum atomic E-state index is -0.177. The van der Waals surface area contributed by atoms with Gasteiger partial charge in [-0.25, -0.2) is 4.98 Å². The zero-order chi connectivity index (χ0) is 13.0. The first-order chi connectivity index (χ1) is 8.72. The van der Waals surface area contributed by atoms with Crippen molar-refractivity contribution in [3.63, 3.8) is 0 Å². The van der Waals surface area contributed by atoms with Crippen LogP contribution in [0.3, 0.4) is 0 Å². The molecule has 1 heterocycles. The van der Waals surface area contributed by atoms with E-state index < -0.39 is 0 Å². The number of carbonyl (C=O) groups is 1.